The molecule has 0 fully saturated rings. The third kappa shape index (κ3) is 2.16. The van der Waals surface area contributed by atoms with E-state index in [1.54, 1.807) is 5.38 Å². The van der Waals surface area contributed by atoms with Crippen LogP contribution in [-0.2, 0) is 0 Å². The van der Waals surface area contributed by atoms with Gasteiger partial charge in [-0.05, 0) is 18.6 Å². The summed E-state index contributed by atoms with van der Waals surface area (Å²) >= 11 is 4.95. The summed E-state index contributed by atoms with van der Waals surface area (Å²) in [7, 11) is 0. The zero-order valence-corrected chi connectivity index (χ0v) is 10.4. The van der Waals surface area contributed by atoms with Crippen molar-refractivity contribution >= 4 is 33.6 Å². The summed E-state index contributed by atoms with van der Waals surface area (Å²) in [5.41, 5.74) is 2.71. The lowest BCUT2D eigenvalue weighted by Crippen LogP contribution is -1.82. The smallest absolute Gasteiger partial charge is 0.169 e. The minimum Gasteiger partial charge on any atom is -0.296 e. The van der Waals surface area contributed by atoms with Gasteiger partial charge in [0.2, 0.25) is 0 Å². The van der Waals surface area contributed by atoms with Gasteiger partial charge in [0.05, 0.1) is 0 Å². The summed E-state index contributed by atoms with van der Waals surface area (Å²) in [5.74, 6) is 0. The van der Waals surface area contributed by atoms with Crippen molar-refractivity contribution in [3.8, 4) is 10.6 Å². The Morgan fingerprint density at radius 3 is 2.87 bits per heavy atom. The van der Waals surface area contributed by atoms with Gasteiger partial charge in [-0.3, -0.25) is 4.79 Å². The van der Waals surface area contributed by atoms with Crippen LogP contribution in [-0.4, -0.2) is 11.3 Å². The second-order valence-electron chi connectivity index (χ2n) is 3.16. The van der Waals surface area contributed by atoms with Crippen molar-refractivity contribution in [3.05, 3.63) is 39.3 Å². The summed E-state index contributed by atoms with van der Waals surface area (Å²) in [5, 5.41) is 2.63. The topological polar surface area (TPSA) is 30.0 Å². The Bertz CT molecular complexity index is 507. The van der Waals surface area contributed by atoms with Crippen molar-refractivity contribution in [3.63, 3.8) is 0 Å². The van der Waals surface area contributed by atoms with Gasteiger partial charge in [0.15, 0.2) is 6.29 Å². The van der Waals surface area contributed by atoms with Gasteiger partial charge >= 0.3 is 0 Å². The van der Waals surface area contributed by atoms with Crippen molar-refractivity contribution in [1.82, 2.24) is 4.98 Å². The van der Waals surface area contributed by atoms with Gasteiger partial charge in [0, 0.05) is 15.4 Å². The molecule has 2 aromatic rings. The van der Waals surface area contributed by atoms with Crippen molar-refractivity contribution in [1.29, 1.82) is 0 Å². The van der Waals surface area contributed by atoms with Gasteiger partial charge in [-0.2, -0.15) is 0 Å². The van der Waals surface area contributed by atoms with Crippen LogP contribution < -0.4 is 0 Å². The van der Waals surface area contributed by atoms with Gasteiger partial charge in [0.1, 0.15) is 10.7 Å². The van der Waals surface area contributed by atoms with Crippen LogP contribution in [0.2, 0.25) is 0 Å². The number of thiazole rings is 1. The largest absolute Gasteiger partial charge is 0.296 e. The fraction of sp³-hybridized carbons (Fsp3) is 0.0909. The molecule has 1 aromatic heterocycles. The molecule has 0 saturated carbocycles. The zero-order valence-electron chi connectivity index (χ0n) is 8.03. The number of hydrogen-bond acceptors (Lipinski definition) is 3. The fourth-order valence-electron chi connectivity index (χ4n) is 1.20. The molecule has 4 heteroatoms. The number of halogens is 1. The lowest BCUT2D eigenvalue weighted by Gasteiger charge is -2.00. The Morgan fingerprint density at radius 2 is 2.27 bits per heavy atom. The number of rotatable bonds is 2. The molecule has 0 bridgehead atoms. The Hall–Kier alpha value is -1.00. The molecular weight excluding hydrogens is 274 g/mol. The normalized spacial score (nSPS) is 10.3. The van der Waals surface area contributed by atoms with E-state index in [1.165, 1.54) is 16.9 Å². The lowest BCUT2D eigenvalue weighted by molar-refractivity contribution is 0.111. The fourth-order valence-corrected chi connectivity index (χ4v) is 2.34. The van der Waals surface area contributed by atoms with Crippen molar-refractivity contribution in [2.24, 2.45) is 0 Å². The first kappa shape index (κ1) is 10.5. The van der Waals surface area contributed by atoms with E-state index in [9.17, 15) is 4.79 Å². The molecule has 0 aliphatic rings. The molecule has 1 aromatic carbocycles. The maximum Gasteiger partial charge on any atom is 0.169 e. The Labute approximate surface area is 100 Å². The van der Waals surface area contributed by atoms with Crippen molar-refractivity contribution in [2.45, 2.75) is 6.92 Å². The number of aryl methyl sites for hydroxylation is 1. The van der Waals surface area contributed by atoms with E-state index in [0.717, 1.165) is 21.3 Å². The van der Waals surface area contributed by atoms with E-state index in [-0.39, 0.29) is 0 Å². The molecule has 0 N–H and O–H groups in total. The lowest BCUT2D eigenvalue weighted by atomic mass is 10.2. The number of carbonyl (C=O) groups is 1. The first-order valence-corrected chi connectivity index (χ1v) is 6.05. The predicted molar refractivity (Wildman–Crippen MR) is 65.4 cm³/mol. The first-order chi connectivity index (χ1) is 7.20. The second kappa shape index (κ2) is 4.24. The van der Waals surface area contributed by atoms with E-state index in [0.29, 0.717) is 5.69 Å². The molecule has 0 radical (unpaired) electrons. The third-order valence-electron chi connectivity index (χ3n) is 2.06. The summed E-state index contributed by atoms with van der Waals surface area (Å²) in [6.45, 7) is 2.03. The minimum atomic E-state index is 0.492. The number of benzene rings is 1. The van der Waals surface area contributed by atoms with E-state index < -0.39 is 0 Å². The molecule has 0 saturated heterocycles. The van der Waals surface area contributed by atoms with Crippen LogP contribution in [0, 0.1) is 6.92 Å². The Balaban J connectivity index is 2.44. The van der Waals surface area contributed by atoms with E-state index in [1.807, 2.05) is 25.1 Å². The van der Waals surface area contributed by atoms with Crippen LogP contribution in [0.25, 0.3) is 10.6 Å². The van der Waals surface area contributed by atoms with Gasteiger partial charge in [-0.25, -0.2) is 4.98 Å². The van der Waals surface area contributed by atoms with Crippen LogP contribution in [0.1, 0.15) is 16.1 Å². The zero-order chi connectivity index (χ0) is 10.8. The third-order valence-corrected chi connectivity index (χ3v) is 3.83. The van der Waals surface area contributed by atoms with Gasteiger partial charge in [-0.15, -0.1) is 11.3 Å². The summed E-state index contributed by atoms with van der Waals surface area (Å²) in [6.07, 6.45) is 0.767. The molecule has 0 unspecified atom stereocenters. The molecule has 1 heterocycles. The van der Waals surface area contributed by atoms with Crippen LogP contribution >= 0.6 is 27.3 Å². The highest BCUT2D eigenvalue weighted by molar-refractivity contribution is 9.10. The summed E-state index contributed by atoms with van der Waals surface area (Å²) in [6, 6.07) is 6.05. The van der Waals surface area contributed by atoms with Crippen LogP contribution in [0.5, 0.6) is 0 Å². The average Bonchev–Trinajstić information content (AvgIpc) is 2.70. The molecule has 0 amide bonds. The molecule has 15 heavy (non-hydrogen) atoms. The van der Waals surface area contributed by atoms with E-state index in [2.05, 4.69) is 20.9 Å². The number of carbonyl (C=O) groups excluding carboxylic acids is 1. The number of hydrogen-bond donors (Lipinski definition) is 0. The summed E-state index contributed by atoms with van der Waals surface area (Å²) in [4.78, 5) is 14.7. The molecular formula is C11H8BrNOS. The quantitative estimate of drug-likeness (QED) is 0.786. The first-order valence-electron chi connectivity index (χ1n) is 4.38. The molecule has 0 aliphatic carbocycles. The molecule has 2 rings (SSSR count). The molecule has 0 spiro atoms. The average molecular weight is 282 g/mol. The van der Waals surface area contributed by atoms with Crippen molar-refractivity contribution < 1.29 is 4.79 Å². The Morgan fingerprint density at radius 1 is 1.47 bits per heavy atom. The number of aromatic nitrogens is 1. The standard InChI is InChI=1S/C11H8BrNOS/c1-7-2-3-8(4-10(7)12)11-13-9(5-14)6-15-11/h2-6H,1H3. The van der Waals surface area contributed by atoms with Gasteiger partial charge < -0.3 is 0 Å². The number of aldehydes is 1. The maximum atomic E-state index is 10.5. The van der Waals surface area contributed by atoms with E-state index >= 15 is 0 Å². The van der Waals surface area contributed by atoms with E-state index in [4.69, 9.17) is 0 Å². The summed E-state index contributed by atoms with van der Waals surface area (Å²) < 4.78 is 1.06. The maximum absolute atomic E-state index is 10.5. The number of nitrogens with zero attached hydrogens (tertiary/aromatic N) is 1. The monoisotopic (exact) mass is 281 g/mol. The minimum absolute atomic E-state index is 0.492. The highest BCUT2D eigenvalue weighted by Crippen LogP contribution is 2.27. The molecule has 0 aliphatic heterocycles. The SMILES string of the molecule is Cc1ccc(-c2nc(C=O)cs2)cc1Br. The second-order valence-corrected chi connectivity index (χ2v) is 4.87. The Kier molecular flexibility index (Phi) is 2.98. The highest BCUT2D eigenvalue weighted by Gasteiger charge is 2.05. The molecule has 76 valence electrons. The van der Waals surface area contributed by atoms with Crippen LogP contribution in [0.15, 0.2) is 28.1 Å². The highest BCUT2D eigenvalue weighted by atomic mass is 79.9. The van der Waals surface area contributed by atoms with Crippen LogP contribution in [0.3, 0.4) is 0 Å². The van der Waals surface area contributed by atoms with Gasteiger partial charge in [0.25, 0.3) is 0 Å². The molecule has 0 atom stereocenters. The predicted octanol–water partition coefficient (Wildman–Crippen LogP) is 3.69. The molecule has 2 nitrogen and oxygen atoms in total. The van der Waals surface area contributed by atoms with Crippen LogP contribution in [0.4, 0.5) is 0 Å². The van der Waals surface area contributed by atoms with Gasteiger partial charge in [-0.1, -0.05) is 28.1 Å². The van der Waals surface area contributed by atoms with Crippen molar-refractivity contribution in [2.75, 3.05) is 0 Å².